The number of carbonyl (C=O) groups excluding carboxylic acids is 1. The van der Waals surface area contributed by atoms with Gasteiger partial charge in [0, 0.05) is 37.5 Å². The number of hydrogen-bond donors (Lipinski definition) is 1. The maximum absolute atomic E-state index is 13.2. The standard InChI is InChI=1S/C24H26FN5O6S/c1-3-11-30-23(32)20-21(27-19-15-17(36-2)9-13-28(19)20)29(24(30)33)12-5-4-10-26-22(31)16-7-6-8-18(14-16)37(25,34)35/h6-9,13-15H,3-5,10-12H2,1-2H3,(H,26,31). The lowest BCUT2D eigenvalue weighted by Gasteiger charge is -2.11. The van der Waals surface area contributed by atoms with Gasteiger partial charge in [0.1, 0.15) is 11.4 Å². The number of halogens is 1. The van der Waals surface area contributed by atoms with Crippen molar-refractivity contribution >= 4 is 32.9 Å². The van der Waals surface area contributed by atoms with Crippen LogP contribution < -0.4 is 21.3 Å². The van der Waals surface area contributed by atoms with Crippen molar-refractivity contribution in [2.24, 2.45) is 0 Å². The number of hydrogen-bond acceptors (Lipinski definition) is 7. The van der Waals surface area contributed by atoms with E-state index in [1.165, 1.54) is 28.4 Å². The molecular weight excluding hydrogens is 505 g/mol. The zero-order valence-corrected chi connectivity index (χ0v) is 21.1. The van der Waals surface area contributed by atoms with Gasteiger partial charge in [0.05, 0.1) is 12.0 Å². The number of aryl methyl sites for hydroxylation is 1. The Kier molecular flexibility index (Phi) is 7.43. The second-order valence-corrected chi connectivity index (χ2v) is 9.75. The number of amides is 1. The minimum atomic E-state index is -4.92. The number of benzene rings is 1. The van der Waals surface area contributed by atoms with E-state index in [0.29, 0.717) is 36.2 Å². The predicted octanol–water partition coefficient (Wildman–Crippen LogP) is 2.10. The number of aromatic nitrogens is 4. The molecule has 0 aliphatic rings. The van der Waals surface area contributed by atoms with Crippen LogP contribution in [0.4, 0.5) is 3.89 Å². The molecule has 0 radical (unpaired) electrons. The van der Waals surface area contributed by atoms with Crippen LogP contribution in [0.1, 0.15) is 36.5 Å². The van der Waals surface area contributed by atoms with Gasteiger partial charge in [0.2, 0.25) is 0 Å². The summed E-state index contributed by atoms with van der Waals surface area (Å²) >= 11 is 0. The zero-order chi connectivity index (χ0) is 26.7. The van der Waals surface area contributed by atoms with E-state index in [4.69, 9.17) is 4.74 Å². The minimum absolute atomic E-state index is 0.0171. The third kappa shape index (κ3) is 5.26. The molecule has 0 unspecified atom stereocenters. The van der Waals surface area contributed by atoms with Crippen LogP contribution in [0.15, 0.2) is 57.1 Å². The molecule has 4 rings (SSSR count). The van der Waals surface area contributed by atoms with E-state index < -0.39 is 32.3 Å². The molecular formula is C24H26FN5O6S. The summed E-state index contributed by atoms with van der Waals surface area (Å²) in [5, 5.41) is 2.66. The number of fused-ring (bicyclic) bond motifs is 3. The van der Waals surface area contributed by atoms with Crippen LogP contribution in [0.3, 0.4) is 0 Å². The van der Waals surface area contributed by atoms with Crippen molar-refractivity contribution in [2.75, 3.05) is 13.7 Å². The fourth-order valence-corrected chi connectivity index (χ4v) is 4.60. The summed E-state index contributed by atoms with van der Waals surface area (Å²) in [6.45, 7) is 2.63. The van der Waals surface area contributed by atoms with Crippen LogP contribution in [-0.2, 0) is 23.3 Å². The average molecular weight is 532 g/mol. The quantitative estimate of drug-likeness (QED) is 0.245. The molecule has 1 aromatic carbocycles. The molecule has 37 heavy (non-hydrogen) atoms. The number of pyridine rings is 1. The molecule has 0 aliphatic heterocycles. The molecule has 196 valence electrons. The first-order chi connectivity index (χ1) is 17.7. The van der Waals surface area contributed by atoms with Crippen LogP contribution >= 0.6 is 0 Å². The monoisotopic (exact) mass is 531 g/mol. The van der Waals surface area contributed by atoms with Crippen molar-refractivity contribution < 1.29 is 21.8 Å². The van der Waals surface area contributed by atoms with Gasteiger partial charge in [-0.15, -0.1) is 3.89 Å². The third-order valence-corrected chi connectivity index (χ3v) is 6.72. The molecule has 3 aromatic heterocycles. The third-order valence-electron chi connectivity index (χ3n) is 5.90. The highest BCUT2D eigenvalue weighted by atomic mass is 32.3. The summed E-state index contributed by atoms with van der Waals surface area (Å²) in [4.78, 5) is 42.6. The number of methoxy groups -OCH3 is 1. The van der Waals surface area contributed by atoms with Crippen LogP contribution in [0.25, 0.3) is 16.8 Å². The highest BCUT2D eigenvalue weighted by Crippen LogP contribution is 2.18. The van der Waals surface area contributed by atoms with Gasteiger partial charge in [0.25, 0.3) is 11.5 Å². The second kappa shape index (κ2) is 10.5. The second-order valence-electron chi connectivity index (χ2n) is 8.40. The van der Waals surface area contributed by atoms with Gasteiger partial charge in [-0.3, -0.25) is 23.1 Å². The minimum Gasteiger partial charge on any atom is -0.497 e. The topological polar surface area (TPSA) is 134 Å². The molecule has 1 amide bonds. The van der Waals surface area contributed by atoms with E-state index in [9.17, 15) is 26.7 Å². The summed E-state index contributed by atoms with van der Waals surface area (Å²) in [6, 6.07) is 8.09. The van der Waals surface area contributed by atoms with Crippen molar-refractivity contribution in [1.82, 2.24) is 23.8 Å². The number of unbranched alkanes of at least 4 members (excludes halogenated alkanes) is 1. The lowest BCUT2D eigenvalue weighted by Crippen LogP contribution is -2.40. The molecule has 0 saturated heterocycles. The predicted molar refractivity (Wildman–Crippen MR) is 134 cm³/mol. The molecule has 0 aliphatic carbocycles. The largest absolute Gasteiger partial charge is 0.497 e. The van der Waals surface area contributed by atoms with Crippen LogP contribution in [0.2, 0.25) is 0 Å². The molecule has 11 nitrogen and oxygen atoms in total. The Labute approximate surface area is 211 Å². The number of imidazole rings is 1. The van der Waals surface area contributed by atoms with Gasteiger partial charge in [-0.25, -0.2) is 9.78 Å². The van der Waals surface area contributed by atoms with Crippen molar-refractivity contribution in [2.45, 2.75) is 44.2 Å². The number of carbonyl (C=O) groups is 1. The molecule has 0 fully saturated rings. The normalized spacial score (nSPS) is 11.8. The molecule has 1 N–H and O–H groups in total. The molecule has 3 heterocycles. The molecule has 4 aromatic rings. The Bertz CT molecular complexity index is 1710. The number of nitrogens with one attached hydrogen (secondary N) is 1. The Morgan fingerprint density at radius 1 is 1.11 bits per heavy atom. The number of rotatable bonds is 10. The number of ether oxygens (including phenoxy) is 1. The summed E-state index contributed by atoms with van der Waals surface area (Å²) in [6.07, 6.45) is 3.24. The SMILES string of the molecule is CCCn1c(=O)c2c(nc3cc(OC)ccn32)n(CCCCNC(=O)c2cccc(S(=O)(=O)F)c2)c1=O. The highest BCUT2D eigenvalue weighted by molar-refractivity contribution is 7.86. The van der Waals surface area contributed by atoms with Crippen molar-refractivity contribution in [1.29, 1.82) is 0 Å². The molecule has 13 heteroatoms. The lowest BCUT2D eigenvalue weighted by atomic mass is 10.2. The number of nitrogens with zero attached hydrogens (tertiary/aromatic N) is 4. The summed E-state index contributed by atoms with van der Waals surface area (Å²) < 4.78 is 44.9. The Morgan fingerprint density at radius 3 is 2.59 bits per heavy atom. The summed E-state index contributed by atoms with van der Waals surface area (Å²) in [5.74, 6) is 0.0202. The van der Waals surface area contributed by atoms with E-state index in [1.54, 1.807) is 22.7 Å². The molecule has 0 atom stereocenters. The van der Waals surface area contributed by atoms with Crippen molar-refractivity contribution in [3.63, 3.8) is 0 Å². The first-order valence-electron chi connectivity index (χ1n) is 11.7. The van der Waals surface area contributed by atoms with Gasteiger partial charge in [-0.05, 0) is 43.5 Å². The first-order valence-corrected chi connectivity index (χ1v) is 13.1. The zero-order valence-electron chi connectivity index (χ0n) is 20.3. The van der Waals surface area contributed by atoms with Gasteiger partial charge >= 0.3 is 15.9 Å². The Balaban J connectivity index is 1.53. The Morgan fingerprint density at radius 2 is 1.89 bits per heavy atom. The maximum Gasteiger partial charge on any atom is 0.332 e. The summed E-state index contributed by atoms with van der Waals surface area (Å²) in [5.41, 5.74) is 0.177. The molecule has 0 bridgehead atoms. The van der Waals surface area contributed by atoms with E-state index in [2.05, 4.69) is 10.3 Å². The van der Waals surface area contributed by atoms with Crippen LogP contribution in [0, 0.1) is 0 Å². The highest BCUT2D eigenvalue weighted by Gasteiger charge is 2.19. The smallest absolute Gasteiger partial charge is 0.332 e. The van der Waals surface area contributed by atoms with E-state index >= 15 is 0 Å². The Hall–Kier alpha value is -4.00. The van der Waals surface area contributed by atoms with E-state index in [-0.39, 0.29) is 30.8 Å². The van der Waals surface area contributed by atoms with Crippen LogP contribution in [0.5, 0.6) is 5.75 Å². The van der Waals surface area contributed by atoms with Gasteiger partial charge < -0.3 is 10.1 Å². The lowest BCUT2D eigenvalue weighted by molar-refractivity contribution is 0.0952. The molecule has 0 saturated carbocycles. The van der Waals surface area contributed by atoms with Gasteiger partial charge in [-0.1, -0.05) is 13.0 Å². The first kappa shape index (κ1) is 26.1. The fraction of sp³-hybridized carbons (Fsp3) is 0.333. The van der Waals surface area contributed by atoms with Crippen LogP contribution in [-0.4, -0.2) is 46.5 Å². The fourth-order valence-electron chi connectivity index (χ4n) is 4.09. The maximum atomic E-state index is 13.2. The van der Waals surface area contributed by atoms with Crippen molar-refractivity contribution in [3.8, 4) is 5.75 Å². The molecule has 0 spiro atoms. The van der Waals surface area contributed by atoms with E-state index in [0.717, 1.165) is 12.1 Å². The van der Waals surface area contributed by atoms with Gasteiger partial charge in [-0.2, -0.15) is 8.42 Å². The van der Waals surface area contributed by atoms with Gasteiger partial charge in [0.15, 0.2) is 11.2 Å². The summed E-state index contributed by atoms with van der Waals surface area (Å²) in [7, 11) is -3.39. The average Bonchev–Trinajstić information content (AvgIpc) is 3.26. The van der Waals surface area contributed by atoms with Crippen molar-refractivity contribution in [3.05, 3.63) is 69.0 Å². The van der Waals surface area contributed by atoms with E-state index in [1.807, 2.05) is 6.92 Å².